The molecule has 0 aliphatic carbocycles. The maximum atomic E-state index is 12.7. The van der Waals surface area contributed by atoms with Crippen LogP contribution in [0.2, 0.25) is 0 Å². The van der Waals surface area contributed by atoms with Crippen LogP contribution in [0.1, 0.15) is 31.7 Å². The molecule has 0 saturated carbocycles. The van der Waals surface area contributed by atoms with Gasteiger partial charge in [0.2, 0.25) is 5.91 Å². The molecule has 2 aliphatic rings. The number of aliphatic hydroxyl groups excluding tert-OH is 1. The molecule has 21 heavy (non-hydrogen) atoms. The number of carbonyl (C=O) groups is 1. The highest BCUT2D eigenvalue weighted by molar-refractivity contribution is 5.96. The topological polar surface area (TPSA) is 43.8 Å². The molecule has 1 fully saturated rings. The summed E-state index contributed by atoms with van der Waals surface area (Å²) in [5, 5.41) is 9.56. The molecule has 0 spiro atoms. The van der Waals surface area contributed by atoms with Gasteiger partial charge >= 0.3 is 0 Å². The second-order valence-electron chi connectivity index (χ2n) is 6.29. The Morgan fingerprint density at radius 1 is 1.24 bits per heavy atom. The SMILES string of the molecule is CC1CCc2ccccc2N1C(=O)CN1CCC(O)CC1. The number of hydrogen-bond donors (Lipinski definition) is 1. The van der Waals surface area contributed by atoms with E-state index in [4.69, 9.17) is 0 Å². The van der Waals surface area contributed by atoms with E-state index in [0.29, 0.717) is 6.54 Å². The van der Waals surface area contributed by atoms with Gasteiger partial charge in [-0.15, -0.1) is 0 Å². The highest BCUT2D eigenvalue weighted by Gasteiger charge is 2.29. The number of aliphatic hydroxyl groups is 1. The predicted molar refractivity (Wildman–Crippen MR) is 83.4 cm³/mol. The molecule has 3 rings (SSSR count). The van der Waals surface area contributed by atoms with E-state index >= 15 is 0 Å². The first-order valence-corrected chi connectivity index (χ1v) is 7.95. The van der Waals surface area contributed by atoms with Gasteiger partial charge in [0.15, 0.2) is 0 Å². The van der Waals surface area contributed by atoms with Crippen molar-refractivity contribution in [1.29, 1.82) is 0 Å². The van der Waals surface area contributed by atoms with Gasteiger partial charge in [-0.25, -0.2) is 0 Å². The Morgan fingerprint density at radius 3 is 2.71 bits per heavy atom. The molecule has 4 heteroatoms. The zero-order valence-corrected chi connectivity index (χ0v) is 12.7. The standard InChI is InChI=1S/C17H24N2O2/c1-13-6-7-14-4-2-3-5-16(14)19(13)17(21)12-18-10-8-15(20)9-11-18/h2-5,13,15,20H,6-12H2,1H3. The Balaban J connectivity index is 1.72. The fourth-order valence-corrected chi connectivity index (χ4v) is 3.41. The van der Waals surface area contributed by atoms with E-state index in [0.717, 1.165) is 44.5 Å². The van der Waals surface area contributed by atoms with Gasteiger partial charge in [0.05, 0.1) is 12.6 Å². The third-order valence-electron chi connectivity index (χ3n) is 4.71. The average Bonchev–Trinajstić information content (AvgIpc) is 2.49. The molecule has 0 radical (unpaired) electrons. The molecule has 2 heterocycles. The van der Waals surface area contributed by atoms with Crippen LogP contribution in [0.4, 0.5) is 5.69 Å². The molecule has 0 aromatic heterocycles. The fraction of sp³-hybridized carbons (Fsp3) is 0.588. The van der Waals surface area contributed by atoms with E-state index in [1.54, 1.807) is 0 Å². The first-order chi connectivity index (χ1) is 10.1. The fourth-order valence-electron chi connectivity index (χ4n) is 3.41. The molecule has 1 saturated heterocycles. The van der Waals surface area contributed by atoms with Gasteiger partial charge in [-0.2, -0.15) is 0 Å². The number of benzene rings is 1. The quantitative estimate of drug-likeness (QED) is 0.902. The van der Waals surface area contributed by atoms with Crippen molar-refractivity contribution in [3.05, 3.63) is 29.8 Å². The maximum absolute atomic E-state index is 12.7. The summed E-state index contributed by atoms with van der Waals surface area (Å²) in [5.41, 5.74) is 2.36. The number of carbonyl (C=O) groups excluding carboxylic acids is 1. The van der Waals surface area contributed by atoms with E-state index in [-0.39, 0.29) is 18.1 Å². The number of fused-ring (bicyclic) bond motifs is 1. The Morgan fingerprint density at radius 2 is 1.95 bits per heavy atom. The van der Waals surface area contributed by atoms with E-state index in [1.807, 2.05) is 17.0 Å². The second-order valence-corrected chi connectivity index (χ2v) is 6.29. The molecule has 1 N–H and O–H groups in total. The van der Waals surface area contributed by atoms with Gasteiger partial charge < -0.3 is 10.0 Å². The molecular weight excluding hydrogens is 264 g/mol. The summed E-state index contributed by atoms with van der Waals surface area (Å²) in [4.78, 5) is 16.9. The first kappa shape index (κ1) is 14.5. The summed E-state index contributed by atoms with van der Waals surface area (Å²) >= 11 is 0. The van der Waals surface area contributed by atoms with Gasteiger partial charge in [-0.05, 0) is 44.2 Å². The summed E-state index contributed by atoms with van der Waals surface area (Å²) in [6, 6.07) is 8.50. The van der Waals surface area contributed by atoms with Gasteiger partial charge in [0.25, 0.3) is 0 Å². The van der Waals surface area contributed by atoms with Crippen LogP contribution < -0.4 is 4.90 Å². The summed E-state index contributed by atoms with van der Waals surface area (Å²) in [6.45, 7) is 4.23. The van der Waals surface area contributed by atoms with Crippen molar-refractivity contribution in [2.24, 2.45) is 0 Å². The molecule has 1 unspecified atom stereocenters. The molecule has 114 valence electrons. The number of rotatable bonds is 2. The Bertz CT molecular complexity index is 509. The number of piperidine rings is 1. The Hall–Kier alpha value is -1.39. The normalized spacial score (nSPS) is 23.9. The number of likely N-dealkylation sites (tertiary alicyclic amines) is 1. The highest BCUT2D eigenvalue weighted by Crippen LogP contribution is 2.30. The molecule has 1 amide bonds. The summed E-state index contributed by atoms with van der Waals surface area (Å²) in [7, 11) is 0. The lowest BCUT2D eigenvalue weighted by atomic mass is 9.96. The van der Waals surface area contributed by atoms with Crippen LogP contribution in [0.5, 0.6) is 0 Å². The van der Waals surface area contributed by atoms with E-state index in [2.05, 4.69) is 24.0 Å². The Labute approximate surface area is 126 Å². The number of aryl methyl sites for hydroxylation is 1. The van der Waals surface area contributed by atoms with Crippen LogP contribution in [-0.2, 0) is 11.2 Å². The van der Waals surface area contributed by atoms with E-state index < -0.39 is 0 Å². The van der Waals surface area contributed by atoms with Crippen molar-refractivity contribution in [3.8, 4) is 0 Å². The lowest BCUT2D eigenvalue weighted by molar-refractivity contribution is -0.120. The monoisotopic (exact) mass is 288 g/mol. The van der Waals surface area contributed by atoms with Gasteiger partial charge in [-0.1, -0.05) is 18.2 Å². The predicted octanol–water partition coefficient (Wildman–Crippen LogP) is 1.81. The van der Waals surface area contributed by atoms with Crippen LogP contribution in [-0.4, -0.2) is 47.7 Å². The lowest BCUT2D eigenvalue weighted by Gasteiger charge is -2.37. The van der Waals surface area contributed by atoms with Gasteiger partial charge in [0, 0.05) is 24.8 Å². The zero-order valence-electron chi connectivity index (χ0n) is 12.7. The number of amides is 1. The molecule has 0 bridgehead atoms. The van der Waals surface area contributed by atoms with Crippen LogP contribution >= 0.6 is 0 Å². The van der Waals surface area contributed by atoms with Crippen molar-refractivity contribution in [3.63, 3.8) is 0 Å². The first-order valence-electron chi connectivity index (χ1n) is 7.95. The van der Waals surface area contributed by atoms with Crippen LogP contribution in [0.25, 0.3) is 0 Å². The Kier molecular flexibility index (Phi) is 4.27. The van der Waals surface area contributed by atoms with Crippen molar-refractivity contribution < 1.29 is 9.90 Å². The number of nitrogens with zero attached hydrogens (tertiary/aromatic N) is 2. The van der Waals surface area contributed by atoms with Gasteiger partial charge in [-0.3, -0.25) is 9.69 Å². The maximum Gasteiger partial charge on any atom is 0.241 e. The second kappa shape index (κ2) is 6.16. The number of hydrogen-bond acceptors (Lipinski definition) is 3. The third-order valence-corrected chi connectivity index (χ3v) is 4.71. The minimum absolute atomic E-state index is 0.186. The van der Waals surface area contributed by atoms with Crippen molar-refractivity contribution >= 4 is 11.6 Å². The minimum Gasteiger partial charge on any atom is -0.393 e. The van der Waals surface area contributed by atoms with Crippen LogP contribution in [0.3, 0.4) is 0 Å². The van der Waals surface area contributed by atoms with Gasteiger partial charge in [0.1, 0.15) is 0 Å². The number of para-hydroxylation sites is 1. The summed E-state index contributed by atoms with van der Waals surface area (Å²) in [6.07, 6.45) is 3.45. The summed E-state index contributed by atoms with van der Waals surface area (Å²) in [5.74, 6) is 0.186. The van der Waals surface area contributed by atoms with Crippen LogP contribution in [0, 0.1) is 0 Å². The van der Waals surface area contributed by atoms with Crippen LogP contribution in [0.15, 0.2) is 24.3 Å². The highest BCUT2D eigenvalue weighted by atomic mass is 16.3. The minimum atomic E-state index is -0.189. The lowest BCUT2D eigenvalue weighted by Crippen LogP contribution is -2.48. The van der Waals surface area contributed by atoms with Crippen molar-refractivity contribution in [1.82, 2.24) is 4.90 Å². The zero-order chi connectivity index (χ0) is 14.8. The average molecular weight is 288 g/mol. The molecule has 1 atom stereocenters. The van der Waals surface area contributed by atoms with Crippen molar-refractivity contribution in [2.75, 3.05) is 24.5 Å². The molecular formula is C17H24N2O2. The molecule has 1 aromatic carbocycles. The molecule has 2 aliphatic heterocycles. The molecule has 1 aromatic rings. The number of anilines is 1. The van der Waals surface area contributed by atoms with E-state index in [9.17, 15) is 9.90 Å². The van der Waals surface area contributed by atoms with Crippen molar-refractivity contribution in [2.45, 2.75) is 44.8 Å². The van der Waals surface area contributed by atoms with E-state index in [1.165, 1.54) is 5.56 Å². The third kappa shape index (κ3) is 3.11. The molecule has 4 nitrogen and oxygen atoms in total. The smallest absolute Gasteiger partial charge is 0.241 e. The summed E-state index contributed by atoms with van der Waals surface area (Å²) < 4.78 is 0. The largest absolute Gasteiger partial charge is 0.393 e.